The van der Waals surface area contributed by atoms with Crippen LogP contribution in [-0.4, -0.2) is 5.11 Å². The van der Waals surface area contributed by atoms with Crippen LogP contribution in [0.2, 0.25) is 0 Å². The summed E-state index contributed by atoms with van der Waals surface area (Å²) in [6, 6.07) is 18.0. The van der Waals surface area contributed by atoms with Crippen molar-refractivity contribution in [2.45, 2.75) is 25.9 Å². The molecule has 2 aromatic carbocycles. The van der Waals surface area contributed by atoms with Gasteiger partial charge in [0.05, 0.1) is 0 Å². The zero-order valence-electron chi connectivity index (χ0n) is 10.1. The summed E-state index contributed by atoms with van der Waals surface area (Å²) in [4.78, 5) is 0. The number of benzene rings is 2. The molecular weight excluding hydrogens is 208 g/mol. The first-order chi connectivity index (χ1) is 8.31. The van der Waals surface area contributed by atoms with Crippen molar-refractivity contribution >= 4 is 0 Å². The van der Waals surface area contributed by atoms with Gasteiger partial charge in [-0.2, -0.15) is 0 Å². The molecule has 0 saturated heterocycles. The third-order valence-corrected chi connectivity index (χ3v) is 2.95. The fourth-order valence-corrected chi connectivity index (χ4v) is 1.98. The fraction of sp³-hybridized carbons (Fsp3) is 0.250. The number of aliphatic hydroxyl groups excluding tert-OH is 1. The Hall–Kier alpha value is -1.60. The van der Waals surface area contributed by atoms with Crippen LogP contribution in [0.15, 0.2) is 54.6 Å². The molecule has 17 heavy (non-hydrogen) atoms. The van der Waals surface area contributed by atoms with Crippen molar-refractivity contribution in [1.82, 2.24) is 0 Å². The van der Waals surface area contributed by atoms with Crippen LogP contribution in [-0.2, 0) is 6.42 Å². The Morgan fingerprint density at radius 2 is 1.47 bits per heavy atom. The summed E-state index contributed by atoms with van der Waals surface area (Å²) in [6.45, 7) is 2.17. The monoisotopic (exact) mass is 226 g/mol. The highest BCUT2D eigenvalue weighted by atomic mass is 16.3. The summed E-state index contributed by atoms with van der Waals surface area (Å²) in [7, 11) is 0. The third kappa shape index (κ3) is 2.95. The smallest absolute Gasteiger partial charge is 0.104 e. The van der Waals surface area contributed by atoms with E-state index in [0.29, 0.717) is 0 Å². The highest BCUT2D eigenvalue weighted by Gasteiger charge is 2.09. The SMILES string of the molecule is CCCc1ccc(C(O)c2ccccc2)cc1. The van der Waals surface area contributed by atoms with E-state index < -0.39 is 6.10 Å². The quantitative estimate of drug-likeness (QED) is 0.842. The minimum absolute atomic E-state index is 0.521. The Balaban J connectivity index is 2.17. The lowest BCUT2D eigenvalue weighted by molar-refractivity contribution is 0.220. The van der Waals surface area contributed by atoms with Crippen molar-refractivity contribution < 1.29 is 5.11 Å². The first-order valence-corrected chi connectivity index (χ1v) is 6.13. The van der Waals surface area contributed by atoms with Gasteiger partial charge >= 0.3 is 0 Å². The van der Waals surface area contributed by atoms with Crippen molar-refractivity contribution in [2.24, 2.45) is 0 Å². The van der Waals surface area contributed by atoms with Crippen molar-refractivity contribution in [2.75, 3.05) is 0 Å². The van der Waals surface area contributed by atoms with Crippen LogP contribution >= 0.6 is 0 Å². The van der Waals surface area contributed by atoms with Crippen LogP contribution in [0, 0.1) is 0 Å². The van der Waals surface area contributed by atoms with Crippen LogP contribution in [0.3, 0.4) is 0 Å². The molecule has 1 N–H and O–H groups in total. The molecule has 0 radical (unpaired) electrons. The zero-order valence-corrected chi connectivity index (χ0v) is 10.1. The van der Waals surface area contributed by atoms with E-state index in [4.69, 9.17) is 0 Å². The van der Waals surface area contributed by atoms with Crippen LogP contribution in [0.5, 0.6) is 0 Å². The van der Waals surface area contributed by atoms with Gasteiger partial charge in [-0.3, -0.25) is 0 Å². The second-order valence-electron chi connectivity index (χ2n) is 4.30. The second kappa shape index (κ2) is 5.65. The molecule has 0 amide bonds. The van der Waals surface area contributed by atoms with E-state index in [0.717, 1.165) is 24.0 Å². The standard InChI is InChI=1S/C16H18O/c1-2-6-13-9-11-15(12-10-13)16(17)14-7-4-3-5-8-14/h3-5,7-12,16-17H,2,6H2,1H3. The topological polar surface area (TPSA) is 20.2 Å². The van der Waals surface area contributed by atoms with Gasteiger partial charge in [-0.25, -0.2) is 0 Å². The lowest BCUT2D eigenvalue weighted by atomic mass is 9.99. The molecule has 2 aromatic rings. The predicted molar refractivity (Wildman–Crippen MR) is 70.9 cm³/mol. The van der Waals surface area contributed by atoms with Crippen molar-refractivity contribution in [3.63, 3.8) is 0 Å². The number of aryl methyl sites for hydroxylation is 1. The van der Waals surface area contributed by atoms with Gasteiger partial charge < -0.3 is 5.11 Å². The first kappa shape index (κ1) is 11.9. The predicted octanol–water partition coefficient (Wildman–Crippen LogP) is 3.72. The van der Waals surface area contributed by atoms with Crippen LogP contribution < -0.4 is 0 Å². The normalized spacial score (nSPS) is 12.4. The van der Waals surface area contributed by atoms with E-state index in [2.05, 4.69) is 19.1 Å². The maximum Gasteiger partial charge on any atom is 0.104 e. The average Bonchev–Trinajstić information content (AvgIpc) is 2.40. The summed E-state index contributed by atoms with van der Waals surface area (Å²) in [5.74, 6) is 0. The van der Waals surface area contributed by atoms with Gasteiger partial charge in [0.15, 0.2) is 0 Å². The van der Waals surface area contributed by atoms with Crippen LogP contribution in [0.1, 0.15) is 36.1 Å². The van der Waals surface area contributed by atoms with Gasteiger partial charge in [0.2, 0.25) is 0 Å². The van der Waals surface area contributed by atoms with E-state index in [1.807, 2.05) is 42.5 Å². The Morgan fingerprint density at radius 3 is 2.06 bits per heavy atom. The molecule has 2 rings (SSSR count). The molecule has 0 saturated carbocycles. The van der Waals surface area contributed by atoms with Gasteiger partial charge in [0.1, 0.15) is 6.10 Å². The van der Waals surface area contributed by atoms with E-state index in [1.54, 1.807) is 0 Å². The summed E-state index contributed by atoms with van der Waals surface area (Å²) in [6.07, 6.45) is 1.73. The molecule has 0 aliphatic rings. The zero-order chi connectivity index (χ0) is 12.1. The maximum absolute atomic E-state index is 10.2. The molecule has 1 atom stereocenters. The van der Waals surface area contributed by atoms with Gasteiger partial charge in [-0.1, -0.05) is 67.9 Å². The van der Waals surface area contributed by atoms with Crippen molar-refractivity contribution in [1.29, 1.82) is 0 Å². The van der Waals surface area contributed by atoms with E-state index in [1.165, 1.54) is 5.56 Å². The highest BCUT2D eigenvalue weighted by Crippen LogP contribution is 2.21. The number of hydrogen-bond donors (Lipinski definition) is 1. The van der Waals surface area contributed by atoms with Gasteiger partial charge in [0.25, 0.3) is 0 Å². The summed E-state index contributed by atoms with van der Waals surface area (Å²) >= 11 is 0. The molecule has 0 spiro atoms. The fourth-order valence-electron chi connectivity index (χ4n) is 1.98. The number of rotatable bonds is 4. The molecule has 1 unspecified atom stereocenters. The lowest BCUT2D eigenvalue weighted by Crippen LogP contribution is -1.99. The van der Waals surface area contributed by atoms with E-state index in [9.17, 15) is 5.11 Å². The van der Waals surface area contributed by atoms with Crippen molar-refractivity contribution in [3.05, 3.63) is 71.3 Å². The summed E-state index contributed by atoms with van der Waals surface area (Å²) in [5, 5.41) is 10.2. The molecule has 1 nitrogen and oxygen atoms in total. The Bertz CT molecular complexity index is 445. The van der Waals surface area contributed by atoms with E-state index in [-0.39, 0.29) is 0 Å². The van der Waals surface area contributed by atoms with Crippen LogP contribution in [0.25, 0.3) is 0 Å². The van der Waals surface area contributed by atoms with Gasteiger partial charge in [-0.15, -0.1) is 0 Å². The van der Waals surface area contributed by atoms with E-state index >= 15 is 0 Å². The largest absolute Gasteiger partial charge is 0.384 e. The molecule has 0 bridgehead atoms. The Morgan fingerprint density at radius 1 is 0.882 bits per heavy atom. The third-order valence-electron chi connectivity index (χ3n) is 2.95. The lowest BCUT2D eigenvalue weighted by Gasteiger charge is -2.11. The van der Waals surface area contributed by atoms with Crippen LogP contribution in [0.4, 0.5) is 0 Å². The number of aliphatic hydroxyl groups is 1. The Labute approximate surface area is 103 Å². The molecule has 88 valence electrons. The van der Waals surface area contributed by atoms with Gasteiger partial charge in [0, 0.05) is 0 Å². The minimum Gasteiger partial charge on any atom is -0.384 e. The highest BCUT2D eigenvalue weighted by molar-refractivity contribution is 5.31. The second-order valence-corrected chi connectivity index (χ2v) is 4.30. The maximum atomic E-state index is 10.2. The van der Waals surface area contributed by atoms with Gasteiger partial charge in [-0.05, 0) is 23.1 Å². The molecule has 0 aliphatic carbocycles. The molecule has 1 heteroatoms. The first-order valence-electron chi connectivity index (χ1n) is 6.13. The average molecular weight is 226 g/mol. The van der Waals surface area contributed by atoms with Crippen molar-refractivity contribution in [3.8, 4) is 0 Å². The molecular formula is C16H18O. The molecule has 0 aliphatic heterocycles. The Kier molecular flexibility index (Phi) is 3.94. The molecule has 0 heterocycles. The molecule has 0 fully saturated rings. The number of hydrogen-bond acceptors (Lipinski definition) is 1. The minimum atomic E-state index is -0.521. The molecule has 0 aromatic heterocycles. The summed E-state index contributed by atoms with van der Waals surface area (Å²) < 4.78 is 0. The summed E-state index contributed by atoms with van der Waals surface area (Å²) in [5.41, 5.74) is 3.23.